The average molecular weight is 374 g/mol. The van der Waals surface area contributed by atoms with Crippen molar-refractivity contribution in [2.45, 2.75) is 40.2 Å². The van der Waals surface area contributed by atoms with Crippen molar-refractivity contribution in [2.24, 2.45) is 16.3 Å². The predicted molar refractivity (Wildman–Crippen MR) is 102 cm³/mol. The quantitative estimate of drug-likeness (QED) is 0.561. The van der Waals surface area contributed by atoms with E-state index in [1.165, 1.54) is 0 Å². The fraction of sp³-hybridized carbons (Fsp3) is 0.389. The minimum atomic E-state index is -0.284. The zero-order chi connectivity index (χ0) is 18.9. The van der Waals surface area contributed by atoms with Gasteiger partial charge in [0.25, 0.3) is 5.91 Å². The molecule has 0 radical (unpaired) electrons. The standard InChI is InChI=1S/C18H22N4O3S/c1-10-14-12(21-22-17(19)26)7-18(2,3)8-13(14)25-15(10)16(23)20-9-11-5-4-6-24-11/h4-6H,7-9H2,1-3H3,(H,20,23)(H3,19,22,26)/b21-12-. The topological polar surface area (TPSA) is 106 Å². The van der Waals surface area contributed by atoms with Gasteiger partial charge < -0.3 is 19.9 Å². The van der Waals surface area contributed by atoms with Crippen LogP contribution in [0.25, 0.3) is 0 Å². The van der Waals surface area contributed by atoms with Gasteiger partial charge in [0.1, 0.15) is 11.5 Å². The second-order valence-electron chi connectivity index (χ2n) is 7.17. The summed E-state index contributed by atoms with van der Waals surface area (Å²) >= 11 is 4.84. The van der Waals surface area contributed by atoms with E-state index in [1.807, 2.05) is 6.92 Å². The number of rotatable bonds is 4. The minimum absolute atomic E-state index is 0.0457. The number of hydrogen-bond donors (Lipinski definition) is 3. The van der Waals surface area contributed by atoms with Gasteiger partial charge in [0.05, 0.1) is 18.5 Å². The fourth-order valence-corrected chi connectivity index (χ4v) is 3.26. The molecular formula is C18H22N4O3S. The molecule has 1 aliphatic carbocycles. The highest BCUT2D eigenvalue weighted by atomic mass is 32.1. The van der Waals surface area contributed by atoms with Crippen molar-refractivity contribution in [1.29, 1.82) is 0 Å². The molecule has 3 rings (SSSR count). The predicted octanol–water partition coefficient (Wildman–Crippen LogP) is 2.62. The first kappa shape index (κ1) is 18.2. The third-order valence-electron chi connectivity index (χ3n) is 4.30. The molecule has 2 aromatic heterocycles. The molecule has 0 bridgehead atoms. The molecule has 0 saturated heterocycles. The van der Waals surface area contributed by atoms with E-state index in [4.69, 9.17) is 26.8 Å². The Morgan fingerprint density at radius 2 is 2.19 bits per heavy atom. The van der Waals surface area contributed by atoms with E-state index >= 15 is 0 Å². The first-order valence-corrected chi connectivity index (χ1v) is 8.73. The Balaban J connectivity index is 1.89. The van der Waals surface area contributed by atoms with E-state index in [1.54, 1.807) is 18.4 Å². The summed E-state index contributed by atoms with van der Waals surface area (Å²) in [6.07, 6.45) is 3.02. The summed E-state index contributed by atoms with van der Waals surface area (Å²) in [5, 5.41) is 7.25. The van der Waals surface area contributed by atoms with Gasteiger partial charge in [-0.25, -0.2) is 0 Å². The second-order valence-corrected chi connectivity index (χ2v) is 7.61. The molecule has 0 fully saturated rings. The van der Waals surface area contributed by atoms with Crippen LogP contribution in [0.15, 0.2) is 32.3 Å². The minimum Gasteiger partial charge on any atom is -0.467 e. The van der Waals surface area contributed by atoms with Crippen LogP contribution in [0, 0.1) is 12.3 Å². The molecule has 0 spiro atoms. The summed E-state index contributed by atoms with van der Waals surface area (Å²) in [6, 6.07) is 3.58. The maximum absolute atomic E-state index is 12.6. The molecule has 2 aromatic rings. The third kappa shape index (κ3) is 3.80. The van der Waals surface area contributed by atoms with Gasteiger partial charge in [0.2, 0.25) is 0 Å². The molecule has 0 atom stereocenters. The van der Waals surface area contributed by atoms with E-state index in [2.05, 4.69) is 29.7 Å². The van der Waals surface area contributed by atoms with Crippen LogP contribution in [0.3, 0.4) is 0 Å². The summed E-state index contributed by atoms with van der Waals surface area (Å²) in [5.41, 5.74) is 10.5. The van der Waals surface area contributed by atoms with Crippen molar-refractivity contribution in [3.63, 3.8) is 0 Å². The van der Waals surface area contributed by atoms with E-state index in [0.29, 0.717) is 18.1 Å². The lowest BCUT2D eigenvalue weighted by Crippen LogP contribution is -2.31. The van der Waals surface area contributed by atoms with Crippen LogP contribution in [0.5, 0.6) is 0 Å². The highest BCUT2D eigenvalue weighted by molar-refractivity contribution is 7.80. The molecule has 2 heterocycles. The molecule has 0 saturated carbocycles. The summed E-state index contributed by atoms with van der Waals surface area (Å²) in [6.45, 7) is 6.41. The number of hydrazone groups is 1. The number of fused-ring (bicyclic) bond motifs is 1. The van der Waals surface area contributed by atoms with E-state index < -0.39 is 0 Å². The highest BCUT2D eigenvalue weighted by Crippen LogP contribution is 2.38. The Morgan fingerprint density at radius 3 is 2.85 bits per heavy atom. The maximum atomic E-state index is 12.6. The van der Waals surface area contributed by atoms with Gasteiger partial charge >= 0.3 is 0 Å². The second kappa shape index (κ2) is 6.95. The van der Waals surface area contributed by atoms with Crippen molar-refractivity contribution in [3.8, 4) is 0 Å². The zero-order valence-corrected chi connectivity index (χ0v) is 15.8. The summed E-state index contributed by atoms with van der Waals surface area (Å²) < 4.78 is 11.2. The Kier molecular flexibility index (Phi) is 4.86. The average Bonchev–Trinajstić information content (AvgIpc) is 3.17. The lowest BCUT2D eigenvalue weighted by Gasteiger charge is -2.29. The molecule has 138 valence electrons. The van der Waals surface area contributed by atoms with Crippen LogP contribution in [-0.2, 0) is 13.0 Å². The largest absolute Gasteiger partial charge is 0.467 e. The third-order valence-corrected chi connectivity index (χ3v) is 4.40. The van der Waals surface area contributed by atoms with Crippen LogP contribution >= 0.6 is 12.2 Å². The summed E-state index contributed by atoms with van der Waals surface area (Å²) in [7, 11) is 0. The number of carbonyl (C=O) groups excluding carboxylic acids is 1. The SMILES string of the molecule is Cc1c(C(=O)NCc2ccco2)oc2c1/C(=N\NC(N)=S)CC(C)(C)C2. The van der Waals surface area contributed by atoms with Gasteiger partial charge in [-0.05, 0) is 43.1 Å². The van der Waals surface area contributed by atoms with Crippen LogP contribution in [0.2, 0.25) is 0 Å². The Morgan fingerprint density at radius 1 is 1.42 bits per heavy atom. The van der Waals surface area contributed by atoms with Crippen molar-refractivity contribution in [2.75, 3.05) is 0 Å². The number of carbonyl (C=O) groups is 1. The van der Waals surface area contributed by atoms with Crippen LogP contribution in [0.1, 0.15) is 53.5 Å². The molecule has 26 heavy (non-hydrogen) atoms. The van der Waals surface area contributed by atoms with Crippen LogP contribution < -0.4 is 16.5 Å². The molecule has 1 aliphatic rings. The number of nitrogens with zero attached hydrogens (tertiary/aromatic N) is 1. The van der Waals surface area contributed by atoms with Crippen molar-refractivity contribution >= 4 is 28.9 Å². The van der Waals surface area contributed by atoms with Crippen molar-refractivity contribution in [3.05, 3.63) is 46.8 Å². The number of nitrogens with one attached hydrogen (secondary N) is 2. The van der Waals surface area contributed by atoms with Crippen LogP contribution in [-0.4, -0.2) is 16.7 Å². The molecule has 0 aromatic carbocycles. The van der Waals surface area contributed by atoms with Gasteiger partial charge in [0.15, 0.2) is 10.9 Å². The molecule has 0 aliphatic heterocycles. The van der Waals surface area contributed by atoms with Gasteiger partial charge in [-0.1, -0.05) is 13.8 Å². The number of thiocarbonyl (C=S) groups is 1. The summed E-state index contributed by atoms with van der Waals surface area (Å²) in [5.74, 6) is 1.44. The number of furan rings is 2. The van der Waals surface area contributed by atoms with E-state index in [-0.39, 0.29) is 16.4 Å². The van der Waals surface area contributed by atoms with Gasteiger partial charge in [0, 0.05) is 17.5 Å². The van der Waals surface area contributed by atoms with Gasteiger partial charge in [-0.2, -0.15) is 5.10 Å². The first-order chi connectivity index (χ1) is 12.3. The lowest BCUT2D eigenvalue weighted by atomic mass is 9.75. The van der Waals surface area contributed by atoms with Crippen molar-refractivity contribution < 1.29 is 13.6 Å². The number of hydrogen-bond acceptors (Lipinski definition) is 5. The molecule has 4 N–H and O–H groups in total. The molecule has 1 amide bonds. The zero-order valence-electron chi connectivity index (χ0n) is 15.0. The van der Waals surface area contributed by atoms with Gasteiger partial charge in [-0.3, -0.25) is 10.2 Å². The number of nitrogens with two attached hydrogens (primary N) is 1. The smallest absolute Gasteiger partial charge is 0.287 e. The van der Waals surface area contributed by atoms with Crippen molar-refractivity contribution in [1.82, 2.24) is 10.7 Å². The number of amides is 1. The highest BCUT2D eigenvalue weighted by Gasteiger charge is 2.36. The Labute approximate surface area is 157 Å². The first-order valence-electron chi connectivity index (χ1n) is 8.32. The molecule has 0 unspecified atom stereocenters. The normalized spacial score (nSPS) is 17.0. The Hall–Kier alpha value is -2.61. The molecule has 8 heteroatoms. The summed E-state index contributed by atoms with van der Waals surface area (Å²) in [4.78, 5) is 12.6. The van der Waals surface area contributed by atoms with Crippen LogP contribution in [0.4, 0.5) is 0 Å². The monoisotopic (exact) mass is 374 g/mol. The van der Waals surface area contributed by atoms with E-state index in [9.17, 15) is 4.79 Å². The molecule has 7 nitrogen and oxygen atoms in total. The van der Waals surface area contributed by atoms with Gasteiger partial charge in [-0.15, -0.1) is 0 Å². The lowest BCUT2D eigenvalue weighted by molar-refractivity contribution is 0.0916. The Bertz CT molecular complexity index is 865. The van der Waals surface area contributed by atoms with E-state index in [0.717, 1.165) is 35.4 Å². The fourth-order valence-electron chi connectivity index (χ4n) is 3.21. The maximum Gasteiger partial charge on any atom is 0.287 e. The molecular weight excluding hydrogens is 352 g/mol.